The normalized spacial score (nSPS) is 11.8. The summed E-state index contributed by atoms with van der Waals surface area (Å²) in [7, 11) is 1.63. The first kappa shape index (κ1) is 19.5. The van der Waals surface area contributed by atoms with Gasteiger partial charge in [0.15, 0.2) is 11.0 Å². The number of aromatic nitrogens is 2. The van der Waals surface area contributed by atoms with E-state index in [4.69, 9.17) is 9.47 Å². The summed E-state index contributed by atoms with van der Waals surface area (Å²) in [5.74, 6) is 1.50. The van der Waals surface area contributed by atoms with Crippen LogP contribution in [0.1, 0.15) is 6.92 Å². The van der Waals surface area contributed by atoms with Crippen LogP contribution in [0.15, 0.2) is 54.9 Å². The predicted octanol–water partition coefficient (Wildman–Crippen LogP) is -0.599. The Bertz CT molecular complexity index is 802. The van der Waals surface area contributed by atoms with Crippen molar-refractivity contribution in [1.82, 2.24) is 4.57 Å². The van der Waals surface area contributed by atoms with Gasteiger partial charge < -0.3 is 38.6 Å². The number of halogens is 1. The molecule has 1 aromatic heterocycles. The molecule has 6 heteroatoms. The second-order valence-corrected chi connectivity index (χ2v) is 5.68. The van der Waals surface area contributed by atoms with Crippen molar-refractivity contribution in [2.24, 2.45) is 0 Å². The van der Waals surface area contributed by atoms with Gasteiger partial charge in [-0.05, 0) is 43.3 Å². The molecule has 134 valence electrons. The molecule has 2 aromatic carbocycles. The highest BCUT2D eigenvalue weighted by molar-refractivity contribution is 5.71. The number of aliphatic hydroxyl groups excluding tert-OH is 1. The average Bonchev–Trinajstić information content (AvgIpc) is 2.98. The first-order chi connectivity index (χ1) is 11.7. The lowest BCUT2D eigenvalue weighted by molar-refractivity contribution is -0.679. The first-order valence-corrected chi connectivity index (χ1v) is 8.13. The van der Waals surface area contributed by atoms with Crippen LogP contribution in [0.25, 0.3) is 11.0 Å². The number of para-hydroxylation sites is 2. The minimum Gasteiger partial charge on any atom is -1.00 e. The van der Waals surface area contributed by atoms with Crippen molar-refractivity contribution in [3.8, 4) is 11.5 Å². The molecule has 1 unspecified atom stereocenters. The molecule has 3 aromatic rings. The highest BCUT2D eigenvalue weighted by atomic mass is 127. The van der Waals surface area contributed by atoms with Gasteiger partial charge in [-0.15, -0.1) is 0 Å². The van der Waals surface area contributed by atoms with Crippen LogP contribution in [0.5, 0.6) is 11.5 Å². The zero-order chi connectivity index (χ0) is 16.9. The molecule has 0 aliphatic rings. The standard InChI is InChI=1S/C19H23N2O3.HI/c1-3-20-14-21(19-7-5-4-6-18(19)20)12-15(22)13-24-17-10-8-16(23-2)9-11-17;/h4-11,14-15,22H,3,12-13H2,1-2H3;1H/q+1;/p-1. The Labute approximate surface area is 164 Å². The molecular weight excluding hydrogens is 431 g/mol. The van der Waals surface area contributed by atoms with Gasteiger partial charge in [-0.3, -0.25) is 0 Å². The average molecular weight is 454 g/mol. The molecule has 1 atom stereocenters. The summed E-state index contributed by atoms with van der Waals surface area (Å²) in [4.78, 5) is 0. The fourth-order valence-corrected chi connectivity index (χ4v) is 2.78. The number of nitrogens with zero attached hydrogens (tertiary/aromatic N) is 2. The zero-order valence-corrected chi connectivity index (χ0v) is 16.6. The van der Waals surface area contributed by atoms with Crippen molar-refractivity contribution >= 4 is 11.0 Å². The van der Waals surface area contributed by atoms with Gasteiger partial charge in [-0.2, -0.15) is 0 Å². The van der Waals surface area contributed by atoms with Crippen molar-refractivity contribution < 1.29 is 43.1 Å². The van der Waals surface area contributed by atoms with E-state index in [0.29, 0.717) is 6.54 Å². The molecule has 0 saturated heterocycles. The summed E-state index contributed by atoms with van der Waals surface area (Å²) in [6, 6.07) is 15.6. The topological polar surface area (TPSA) is 47.5 Å². The van der Waals surface area contributed by atoms with Crippen molar-refractivity contribution in [2.75, 3.05) is 13.7 Å². The molecule has 1 N–H and O–H groups in total. The highest BCUT2D eigenvalue weighted by Gasteiger charge is 2.17. The van der Waals surface area contributed by atoms with E-state index in [1.807, 2.05) is 42.7 Å². The molecule has 0 amide bonds. The number of aliphatic hydroxyl groups is 1. The van der Waals surface area contributed by atoms with Crippen LogP contribution in [-0.4, -0.2) is 29.5 Å². The minimum absolute atomic E-state index is 0. The molecule has 0 radical (unpaired) electrons. The van der Waals surface area contributed by atoms with E-state index in [-0.39, 0.29) is 30.6 Å². The molecule has 0 aliphatic heterocycles. The van der Waals surface area contributed by atoms with Gasteiger partial charge in [0.1, 0.15) is 30.8 Å². The van der Waals surface area contributed by atoms with Crippen LogP contribution in [0.4, 0.5) is 0 Å². The molecule has 0 aliphatic carbocycles. The molecule has 0 bridgehead atoms. The Morgan fingerprint density at radius 3 is 2.44 bits per heavy atom. The molecule has 0 fully saturated rings. The van der Waals surface area contributed by atoms with Gasteiger partial charge in [-0.25, -0.2) is 9.13 Å². The maximum atomic E-state index is 10.3. The lowest BCUT2D eigenvalue weighted by Crippen LogP contribution is -3.00. The number of fused-ring (bicyclic) bond motifs is 1. The van der Waals surface area contributed by atoms with Crippen molar-refractivity contribution in [2.45, 2.75) is 26.1 Å². The molecule has 0 spiro atoms. The summed E-state index contributed by atoms with van der Waals surface area (Å²) in [5, 5.41) is 10.3. The highest BCUT2D eigenvalue weighted by Crippen LogP contribution is 2.17. The van der Waals surface area contributed by atoms with E-state index in [1.54, 1.807) is 7.11 Å². The Morgan fingerprint density at radius 2 is 1.76 bits per heavy atom. The number of aryl methyl sites for hydroxylation is 1. The maximum absolute atomic E-state index is 10.3. The van der Waals surface area contributed by atoms with Crippen molar-refractivity contribution in [3.05, 3.63) is 54.9 Å². The van der Waals surface area contributed by atoms with Gasteiger partial charge in [0, 0.05) is 0 Å². The number of rotatable bonds is 7. The van der Waals surface area contributed by atoms with Gasteiger partial charge in [0.05, 0.1) is 13.7 Å². The molecule has 5 nitrogen and oxygen atoms in total. The number of methoxy groups -OCH3 is 1. The smallest absolute Gasteiger partial charge is 0.244 e. The van der Waals surface area contributed by atoms with E-state index >= 15 is 0 Å². The third kappa shape index (κ3) is 4.64. The second-order valence-electron chi connectivity index (χ2n) is 5.68. The lowest BCUT2D eigenvalue weighted by atomic mass is 10.3. The summed E-state index contributed by atoms with van der Waals surface area (Å²) in [6.45, 7) is 3.74. The van der Waals surface area contributed by atoms with E-state index in [9.17, 15) is 5.11 Å². The Hall–Kier alpha value is -1.80. The lowest BCUT2D eigenvalue weighted by Gasteiger charge is -2.11. The van der Waals surface area contributed by atoms with E-state index in [0.717, 1.165) is 23.6 Å². The predicted molar refractivity (Wildman–Crippen MR) is 92.3 cm³/mol. The Kier molecular flexibility index (Phi) is 7.07. The van der Waals surface area contributed by atoms with Gasteiger partial charge in [0.2, 0.25) is 6.33 Å². The minimum atomic E-state index is -0.590. The summed E-state index contributed by atoms with van der Waals surface area (Å²) in [6.07, 6.45) is 1.45. The molecule has 3 rings (SSSR count). The van der Waals surface area contributed by atoms with Crippen LogP contribution in [0, 0.1) is 0 Å². The molecule has 25 heavy (non-hydrogen) atoms. The Balaban J connectivity index is 0.00000225. The fourth-order valence-electron chi connectivity index (χ4n) is 2.78. The van der Waals surface area contributed by atoms with E-state index in [2.05, 4.69) is 28.2 Å². The van der Waals surface area contributed by atoms with Crippen LogP contribution < -0.4 is 38.0 Å². The summed E-state index contributed by atoms with van der Waals surface area (Å²) in [5.41, 5.74) is 2.28. The van der Waals surface area contributed by atoms with E-state index in [1.165, 1.54) is 5.52 Å². The van der Waals surface area contributed by atoms with Crippen LogP contribution in [-0.2, 0) is 13.1 Å². The first-order valence-electron chi connectivity index (χ1n) is 8.13. The number of hydrogen-bond donors (Lipinski definition) is 1. The van der Waals surface area contributed by atoms with Gasteiger partial charge in [0.25, 0.3) is 0 Å². The maximum Gasteiger partial charge on any atom is 0.244 e. The molecule has 0 saturated carbocycles. The van der Waals surface area contributed by atoms with E-state index < -0.39 is 6.10 Å². The Morgan fingerprint density at radius 1 is 1.08 bits per heavy atom. The third-order valence-corrected chi connectivity index (χ3v) is 4.03. The number of ether oxygens (including phenoxy) is 2. The van der Waals surface area contributed by atoms with Crippen molar-refractivity contribution in [3.63, 3.8) is 0 Å². The SMILES string of the molecule is CCn1c[n+](CC(O)COc2ccc(OC)cc2)c2ccccc21.[I-]. The van der Waals surface area contributed by atoms with Gasteiger partial charge >= 0.3 is 0 Å². The molecule has 1 heterocycles. The third-order valence-electron chi connectivity index (χ3n) is 4.03. The molecular formula is C19H23IN2O3. The number of hydrogen-bond acceptors (Lipinski definition) is 3. The van der Waals surface area contributed by atoms with Crippen LogP contribution in [0.2, 0.25) is 0 Å². The van der Waals surface area contributed by atoms with Crippen LogP contribution in [0.3, 0.4) is 0 Å². The van der Waals surface area contributed by atoms with Crippen LogP contribution >= 0.6 is 0 Å². The van der Waals surface area contributed by atoms with Gasteiger partial charge in [-0.1, -0.05) is 12.1 Å². The number of imidazole rings is 1. The largest absolute Gasteiger partial charge is 1.00 e. The number of benzene rings is 2. The zero-order valence-electron chi connectivity index (χ0n) is 14.4. The summed E-state index contributed by atoms with van der Waals surface area (Å²) >= 11 is 0. The summed E-state index contributed by atoms with van der Waals surface area (Å²) < 4.78 is 15.0. The van der Waals surface area contributed by atoms with Crippen molar-refractivity contribution in [1.29, 1.82) is 0 Å². The second kappa shape index (κ2) is 9.05. The quantitative estimate of drug-likeness (QED) is 0.384. The fraction of sp³-hybridized carbons (Fsp3) is 0.316. The monoisotopic (exact) mass is 454 g/mol.